The van der Waals surface area contributed by atoms with Crippen LogP contribution in [0.15, 0.2) is 0 Å². The third-order valence-corrected chi connectivity index (χ3v) is 5.10. The molecule has 0 aromatic rings. The van der Waals surface area contributed by atoms with Crippen LogP contribution in [-0.4, -0.2) is 54.4 Å². The van der Waals surface area contributed by atoms with E-state index in [1.165, 1.54) is 8.61 Å². The number of aliphatic hydroxyl groups is 1. The van der Waals surface area contributed by atoms with Gasteiger partial charge in [-0.3, -0.25) is 0 Å². The zero-order valence-electron chi connectivity index (χ0n) is 9.39. The summed E-state index contributed by atoms with van der Waals surface area (Å²) in [6.07, 6.45) is 1.60. The van der Waals surface area contributed by atoms with Gasteiger partial charge in [-0.1, -0.05) is 13.8 Å². The van der Waals surface area contributed by atoms with E-state index in [1.54, 1.807) is 0 Å². The molecular formula is C9H20N2O3S. The summed E-state index contributed by atoms with van der Waals surface area (Å²) in [7, 11) is -3.36. The molecule has 0 saturated carbocycles. The molecule has 1 fully saturated rings. The Morgan fingerprint density at radius 1 is 1.40 bits per heavy atom. The highest BCUT2D eigenvalue weighted by atomic mass is 32.2. The molecule has 1 saturated heterocycles. The number of rotatable bonds is 5. The lowest BCUT2D eigenvalue weighted by atomic mass is 10.2. The van der Waals surface area contributed by atoms with Crippen molar-refractivity contribution in [3.63, 3.8) is 0 Å². The minimum Gasteiger partial charge on any atom is -0.395 e. The van der Waals surface area contributed by atoms with Gasteiger partial charge in [-0.25, -0.2) is 0 Å². The molecule has 0 radical (unpaired) electrons. The van der Waals surface area contributed by atoms with Gasteiger partial charge in [0.2, 0.25) is 0 Å². The van der Waals surface area contributed by atoms with E-state index in [-0.39, 0.29) is 12.6 Å². The van der Waals surface area contributed by atoms with Crippen LogP contribution >= 0.6 is 0 Å². The number of hydrogen-bond acceptors (Lipinski definition) is 3. The molecule has 1 aliphatic rings. The van der Waals surface area contributed by atoms with E-state index in [0.717, 1.165) is 12.8 Å². The Kier molecular flexibility index (Phi) is 4.51. The Morgan fingerprint density at radius 2 is 2.00 bits per heavy atom. The second-order valence-corrected chi connectivity index (χ2v) is 5.56. The van der Waals surface area contributed by atoms with E-state index < -0.39 is 10.2 Å². The van der Waals surface area contributed by atoms with Crippen molar-refractivity contribution in [3.05, 3.63) is 0 Å². The first kappa shape index (κ1) is 12.9. The monoisotopic (exact) mass is 236 g/mol. The SMILES string of the molecule is CCN(CC)S(=O)(=O)N1CCC[C@H]1CO. The summed E-state index contributed by atoms with van der Waals surface area (Å²) in [4.78, 5) is 0. The first-order valence-electron chi connectivity index (χ1n) is 5.45. The van der Waals surface area contributed by atoms with Gasteiger partial charge >= 0.3 is 0 Å². The predicted octanol–water partition coefficient (Wildman–Crippen LogP) is 0.0297. The van der Waals surface area contributed by atoms with Crippen LogP contribution in [-0.2, 0) is 10.2 Å². The largest absolute Gasteiger partial charge is 0.395 e. The van der Waals surface area contributed by atoms with Crippen molar-refractivity contribution in [2.75, 3.05) is 26.2 Å². The van der Waals surface area contributed by atoms with E-state index in [4.69, 9.17) is 5.11 Å². The van der Waals surface area contributed by atoms with Crippen LogP contribution in [0.25, 0.3) is 0 Å². The second-order valence-electron chi connectivity index (χ2n) is 3.68. The van der Waals surface area contributed by atoms with Crippen molar-refractivity contribution in [1.82, 2.24) is 8.61 Å². The first-order valence-corrected chi connectivity index (χ1v) is 6.85. The molecule has 1 atom stereocenters. The average Bonchev–Trinajstić information content (AvgIpc) is 2.67. The van der Waals surface area contributed by atoms with E-state index in [9.17, 15) is 8.42 Å². The maximum Gasteiger partial charge on any atom is 0.282 e. The van der Waals surface area contributed by atoms with Crippen molar-refractivity contribution in [3.8, 4) is 0 Å². The minimum atomic E-state index is -3.36. The van der Waals surface area contributed by atoms with Crippen LogP contribution < -0.4 is 0 Å². The molecule has 90 valence electrons. The molecule has 5 nitrogen and oxygen atoms in total. The van der Waals surface area contributed by atoms with Crippen LogP contribution in [0, 0.1) is 0 Å². The number of hydrogen-bond donors (Lipinski definition) is 1. The van der Waals surface area contributed by atoms with Crippen LogP contribution in [0.3, 0.4) is 0 Å². The van der Waals surface area contributed by atoms with Crippen molar-refractivity contribution in [2.24, 2.45) is 0 Å². The molecule has 0 amide bonds. The summed E-state index contributed by atoms with van der Waals surface area (Å²) < 4.78 is 27.1. The molecule has 1 heterocycles. The van der Waals surface area contributed by atoms with Gasteiger partial charge in [0.15, 0.2) is 0 Å². The maximum atomic E-state index is 12.1. The topological polar surface area (TPSA) is 60.9 Å². The standard InChI is InChI=1S/C9H20N2O3S/c1-3-10(4-2)15(13,14)11-7-5-6-9(11)8-12/h9,12H,3-8H2,1-2H3/t9-/m0/s1. The molecule has 0 aliphatic carbocycles. The predicted molar refractivity (Wildman–Crippen MR) is 58.7 cm³/mol. The number of aliphatic hydroxyl groups excluding tert-OH is 1. The molecule has 1 rings (SSSR count). The minimum absolute atomic E-state index is 0.0828. The zero-order chi connectivity index (χ0) is 11.5. The molecule has 0 aromatic carbocycles. The fourth-order valence-corrected chi connectivity index (χ4v) is 3.85. The van der Waals surface area contributed by atoms with Gasteiger partial charge in [0.25, 0.3) is 10.2 Å². The maximum absolute atomic E-state index is 12.1. The summed E-state index contributed by atoms with van der Waals surface area (Å²) in [5.41, 5.74) is 0. The highest BCUT2D eigenvalue weighted by Gasteiger charge is 2.36. The van der Waals surface area contributed by atoms with Crippen molar-refractivity contribution < 1.29 is 13.5 Å². The normalized spacial score (nSPS) is 23.9. The lowest BCUT2D eigenvalue weighted by molar-refractivity contribution is 0.206. The van der Waals surface area contributed by atoms with Gasteiger partial charge < -0.3 is 5.11 Å². The van der Waals surface area contributed by atoms with Gasteiger partial charge in [0.05, 0.1) is 6.61 Å². The van der Waals surface area contributed by atoms with Gasteiger partial charge in [-0.2, -0.15) is 17.0 Å². The van der Waals surface area contributed by atoms with Gasteiger partial charge in [0, 0.05) is 25.7 Å². The van der Waals surface area contributed by atoms with Gasteiger partial charge in [0.1, 0.15) is 0 Å². The molecule has 0 unspecified atom stereocenters. The fourth-order valence-electron chi connectivity index (χ4n) is 1.99. The van der Waals surface area contributed by atoms with Crippen LogP contribution in [0.1, 0.15) is 26.7 Å². The molecule has 0 bridgehead atoms. The Labute approximate surface area is 91.9 Å². The van der Waals surface area contributed by atoms with Crippen LogP contribution in [0.4, 0.5) is 0 Å². The fraction of sp³-hybridized carbons (Fsp3) is 1.00. The quantitative estimate of drug-likeness (QED) is 0.732. The summed E-state index contributed by atoms with van der Waals surface area (Å²) in [5, 5.41) is 9.10. The third kappa shape index (κ3) is 2.50. The Balaban J connectivity index is 2.84. The average molecular weight is 236 g/mol. The molecular weight excluding hydrogens is 216 g/mol. The van der Waals surface area contributed by atoms with Crippen molar-refractivity contribution in [1.29, 1.82) is 0 Å². The number of nitrogens with zero attached hydrogens (tertiary/aromatic N) is 2. The van der Waals surface area contributed by atoms with E-state index >= 15 is 0 Å². The third-order valence-electron chi connectivity index (χ3n) is 2.86. The van der Waals surface area contributed by atoms with Crippen molar-refractivity contribution >= 4 is 10.2 Å². The summed E-state index contributed by atoms with van der Waals surface area (Å²) in [6, 6.07) is -0.226. The second kappa shape index (κ2) is 5.25. The highest BCUT2D eigenvalue weighted by Crippen LogP contribution is 2.22. The van der Waals surface area contributed by atoms with E-state index in [2.05, 4.69) is 0 Å². The molecule has 1 aliphatic heterocycles. The molecule has 1 N–H and O–H groups in total. The van der Waals surface area contributed by atoms with Crippen LogP contribution in [0.5, 0.6) is 0 Å². The molecule has 6 heteroatoms. The molecule has 0 aromatic heterocycles. The van der Waals surface area contributed by atoms with Crippen molar-refractivity contribution in [2.45, 2.75) is 32.7 Å². The summed E-state index contributed by atoms with van der Waals surface area (Å²) in [6.45, 7) is 5.06. The molecule has 15 heavy (non-hydrogen) atoms. The Bertz CT molecular complexity index is 288. The lowest BCUT2D eigenvalue weighted by Crippen LogP contribution is -2.46. The Morgan fingerprint density at radius 3 is 2.47 bits per heavy atom. The summed E-state index contributed by atoms with van der Waals surface area (Å²) in [5.74, 6) is 0. The van der Waals surface area contributed by atoms with Gasteiger partial charge in [-0.15, -0.1) is 0 Å². The smallest absolute Gasteiger partial charge is 0.282 e. The first-order chi connectivity index (χ1) is 7.07. The Hall–Kier alpha value is -0.170. The summed E-state index contributed by atoms with van der Waals surface area (Å²) >= 11 is 0. The van der Waals surface area contributed by atoms with E-state index in [1.807, 2.05) is 13.8 Å². The lowest BCUT2D eigenvalue weighted by Gasteiger charge is -2.28. The van der Waals surface area contributed by atoms with Crippen LogP contribution in [0.2, 0.25) is 0 Å². The van der Waals surface area contributed by atoms with E-state index in [0.29, 0.717) is 19.6 Å². The molecule has 0 spiro atoms. The highest BCUT2D eigenvalue weighted by molar-refractivity contribution is 7.86. The van der Waals surface area contributed by atoms with Gasteiger partial charge in [-0.05, 0) is 12.8 Å². The zero-order valence-corrected chi connectivity index (χ0v) is 10.2.